The summed E-state index contributed by atoms with van der Waals surface area (Å²) >= 11 is 0. The highest BCUT2D eigenvalue weighted by atomic mass is 16.6. The molecule has 282 valence electrons. The molecular formula is C38H50N10O5. The fraction of sp³-hybridized carbons (Fsp3) is 0.474. The van der Waals surface area contributed by atoms with Crippen LogP contribution in [-0.2, 0) is 15.9 Å². The van der Waals surface area contributed by atoms with Crippen LogP contribution in [0.5, 0.6) is 0 Å². The first kappa shape index (κ1) is 37.2. The molecule has 15 heteroatoms. The van der Waals surface area contributed by atoms with E-state index < -0.39 is 23.4 Å². The number of alkyl carbamates (subject to hydrolysis) is 1. The molecule has 15 nitrogen and oxygen atoms in total. The summed E-state index contributed by atoms with van der Waals surface area (Å²) in [4.78, 5) is 56.9. The van der Waals surface area contributed by atoms with Crippen LogP contribution >= 0.6 is 0 Å². The van der Waals surface area contributed by atoms with Crippen molar-refractivity contribution in [2.75, 3.05) is 46.4 Å². The minimum Gasteiger partial charge on any atom is -0.444 e. The van der Waals surface area contributed by atoms with Crippen LogP contribution in [0.3, 0.4) is 0 Å². The smallest absolute Gasteiger partial charge is 0.421 e. The van der Waals surface area contributed by atoms with Gasteiger partial charge in [-0.1, -0.05) is 0 Å². The van der Waals surface area contributed by atoms with Crippen LogP contribution in [0.2, 0.25) is 0 Å². The maximum absolute atomic E-state index is 13.3. The molecule has 1 aliphatic heterocycles. The normalized spacial score (nSPS) is 17.2. The zero-order valence-electron chi connectivity index (χ0n) is 31.7. The van der Waals surface area contributed by atoms with Crippen LogP contribution in [0.1, 0.15) is 72.8 Å². The van der Waals surface area contributed by atoms with E-state index in [4.69, 9.17) is 19.4 Å². The second kappa shape index (κ2) is 14.8. The summed E-state index contributed by atoms with van der Waals surface area (Å²) in [5, 5.41) is 12.3. The molecule has 6 rings (SSSR count). The maximum atomic E-state index is 13.3. The first-order valence-electron chi connectivity index (χ1n) is 18.0. The van der Waals surface area contributed by atoms with Gasteiger partial charge >= 0.3 is 18.2 Å². The number of anilines is 6. The van der Waals surface area contributed by atoms with Crippen LogP contribution in [0.15, 0.2) is 48.8 Å². The third-order valence-corrected chi connectivity index (χ3v) is 8.88. The van der Waals surface area contributed by atoms with E-state index in [2.05, 4.69) is 31.2 Å². The molecule has 2 aromatic carbocycles. The van der Waals surface area contributed by atoms with Gasteiger partial charge in [-0.25, -0.2) is 23.9 Å². The number of carbonyl (C=O) groups is 3. The zero-order valence-corrected chi connectivity index (χ0v) is 31.7. The van der Waals surface area contributed by atoms with Crippen LogP contribution in [0, 0.1) is 0 Å². The molecule has 2 aliphatic rings. The standard InChI is InChI=1S/C38H50N10O5/c1-37(2,3)52-35(50)43-26-11-9-24(10-12-26)40-33-44-31(30-32(45-33)48(22-39-30)36(51)53-38(4,5)6)47-20-19-23-21-27(15-18-29(23)47)42-34(49)41-25-13-16-28(17-14-25)46(7)8/h13-18,21-22,24,26H,9-12,19-20H2,1-8H3,(H,43,50)(H,40,44,45)(H2,41,42,49). The Kier molecular flexibility index (Phi) is 10.4. The molecule has 3 heterocycles. The molecule has 1 aliphatic carbocycles. The second-order valence-electron chi connectivity index (χ2n) is 15.7. The summed E-state index contributed by atoms with van der Waals surface area (Å²) in [7, 11) is 3.93. The lowest BCUT2D eigenvalue weighted by molar-refractivity contribution is 0.0489. The van der Waals surface area contributed by atoms with E-state index in [1.807, 2.05) is 103 Å². The van der Waals surface area contributed by atoms with E-state index in [9.17, 15) is 14.4 Å². The molecule has 0 spiro atoms. The van der Waals surface area contributed by atoms with E-state index in [-0.39, 0.29) is 18.1 Å². The van der Waals surface area contributed by atoms with Crippen molar-refractivity contribution >= 4 is 63.9 Å². The average molecular weight is 727 g/mol. The second-order valence-corrected chi connectivity index (χ2v) is 15.7. The summed E-state index contributed by atoms with van der Waals surface area (Å²) in [5.41, 5.74) is 3.84. The number of ether oxygens (including phenoxy) is 2. The lowest BCUT2D eigenvalue weighted by Crippen LogP contribution is -2.42. The first-order chi connectivity index (χ1) is 25.0. The Morgan fingerprint density at radius 2 is 1.47 bits per heavy atom. The molecule has 3 amide bonds. The Balaban J connectivity index is 1.21. The third kappa shape index (κ3) is 9.26. The topological polar surface area (TPSA) is 168 Å². The van der Waals surface area contributed by atoms with E-state index >= 15 is 0 Å². The van der Waals surface area contributed by atoms with Gasteiger partial charge in [0.25, 0.3) is 0 Å². The van der Waals surface area contributed by atoms with Gasteiger partial charge in [0.2, 0.25) is 5.95 Å². The van der Waals surface area contributed by atoms with Crippen LogP contribution in [-0.4, -0.2) is 81.7 Å². The fourth-order valence-corrected chi connectivity index (χ4v) is 6.46. The van der Waals surface area contributed by atoms with Gasteiger partial charge in [-0.2, -0.15) is 9.97 Å². The molecule has 53 heavy (non-hydrogen) atoms. The lowest BCUT2D eigenvalue weighted by atomic mass is 9.91. The highest BCUT2D eigenvalue weighted by Gasteiger charge is 2.30. The average Bonchev–Trinajstić information content (AvgIpc) is 3.68. The summed E-state index contributed by atoms with van der Waals surface area (Å²) in [6.45, 7) is 11.6. The van der Waals surface area contributed by atoms with Crippen molar-refractivity contribution in [1.29, 1.82) is 0 Å². The number of aromatic nitrogens is 4. The molecular weight excluding hydrogens is 676 g/mol. The molecule has 1 saturated carbocycles. The number of amides is 3. The molecule has 0 saturated heterocycles. The Morgan fingerprint density at radius 3 is 2.13 bits per heavy atom. The molecule has 0 unspecified atom stereocenters. The summed E-state index contributed by atoms with van der Waals surface area (Å²) in [6, 6.07) is 13.1. The number of fused-ring (bicyclic) bond motifs is 2. The number of hydrogen-bond acceptors (Lipinski definition) is 11. The number of hydrogen-bond donors (Lipinski definition) is 4. The van der Waals surface area contributed by atoms with Gasteiger partial charge in [0.15, 0.2) is 17.0 Å². The highest BCUT2D eigenvalue weighted by Crippen LogP contribution is 2.38. The maximum Gasteiger partial charge on any atom is 0.421 e. The minimum absolute atomic E-state index is 0.0108. The van der Waals surface area contributed by atoms with Gasteiger partial charge in [-0.3, -0.25) is 0 Å². The van der Waals surface area contributed by atoms with Crippen molar-refractivity contribution in [3.8, 4) is 0 Å². The first-order valence-corrected chi connectivity index (χ1v) is 18.0. The Bertz CT molecular complexity index is 1970. The molecule has 0 atom stereocenters. The Hall–Kier alpha value is -5.60. The number of benzene rings is 2. The molecule has 2 aromatic heterocycles. The van der Waals surface area contributed by atoms with Gasteiger partial charge in [-0.05, 0) is 122 Å². The fourth-order valence-electron chi connectivity index (χ4n) is 6.46. The number of urea groups is 1. The monoisotopic (exact) mass is 726 g/mol. The zero-order chi connectivity index (χ0) is 38.1. The quantitative estimate of drug-likeness (QED) is 0.151. The van der Waals surface area contributed by atoms with Crippen molar-refractivity contribution < 1.29 is 23.9 Å². The molecule has 4 N–H and O–H groups in total. The Labute approximate surface area is 309 Å². The van der Waals surface area contributed by atoms with Crippen molar-refractivity contribution in [3.63, 3.8) is 0 Å². The van der Waals surface area contributed by atoms with E-state index in [1.54, 1.807) is 0 Å². The molecule has 0 bridgehead atoms. The van der Waals surface area contributed by atoms with Crippen molar-refractivity contribution in [2.24, 2.45) is 0 Å². The van der Waals surface area contributed by atoms with Crippen LogP contribution in [0.25, 0.3) is 11.2 Å². The number of imidazole rings is 1. The number of nitrogens with one attached hydrogen (secondary N) is 4. The summed E-state index contributed by atoms with van der Waals surface area (Å²) in [6.07, 6.45) is 4.20. The predicted octanol–water partition coefficient (Wildman–Crippen LogP) is 7.26. The third-order valence-electron chi connectivity index (χ3n) is 8.88. The van der Waals surface area contributed by atoms with Gasteiger partial charge < -0.3 is 40.5 Å². The lowest BCUT2D eigenvalue weighted by Gasteiger charge is -2.30. The van der Waals surface area contributed by atoms with Crippen LogP contribution in [0.4, 0.5) is 48.9 Å². The van der Waals surface area contributed by atoms with Gasteiger partial charge in [0, 0.05) is 55.5 Å². The molecule has 4 aromatic rings. The van der Waals surface area contributed by atoms with Crippen molar-refractivity contribution in [2.45, 2.75) is 96.9 Å². The molecule has 0 radical (unpaired) electrons. The van der Waals surface area contributed by atoms with Gasteiger partial charge in [-0.15, -0.1) is 0 Å². The van der Waals surface area contributed by atoms with Crippen molar-refractivity contribution in [1.82, 2.24) is 24.8 Å². The SMILES string of the molecule is CN(C)c1ccc(NC(=O)Nc2ccc3c(c2)CCN3c2nc(NC3CCC(NC(=O)OC(C)(C)C)CC3)nc3c2ncn3C(=O)OC(C)(C)C)cc1. The van der Waals surface area contributed by atoms with E-state index in [0.29, 0.717) is 47.3 Å². The predicted molar refractivity (Wildman–Crippen MR) is 207 cm³/mol. The van der Waals surface area contributed by atoms with Gasteiger partial charge in [0.1, 0.15) is 17.5 Å². The summed E-state index contributed by atoms with van der Waals surface area (Å²) < 4.78 is 12.4. The number of nitrogens with zero attached hydrogens (tertiary/aromatic N) is 6. The van der Waals surface area contributed by atoms with Crippen molar-refractivity contribution in [3.05, 3.63) is 54.4 Å². The van der Waals surface area contributed by atoms with E-state index in [0.717, 1.165) is 42.6 Å². The number of rotatable bonds is 7. The Morgan fingerprint density at radius 1 is 0.830 bits per heavy atom. The number of carbonyl (C=O) groups excluding carboxylic acids is 3. The highest BCUT2D eigenvalue weighted by molar-refractivity contribution is 6.00. The summed E-state index contributed by atoms with van der Waals surface area (Å²) in [5.74, 6) is 0.918. The minimum atomic E-state index is -0.718. The van der Waals surface area contributed by atoms with Crippen LogP contribution < -0.4 is 31.1 Å². The largest absolute Gasteiger partial charge is 0.444 e. The van der Waals surface area contributed by atoms with E-state index in [1.165, 1.54) is 10.9 Å². The van der Waals surface area contributed by atoms with Gasteiger partial charge in [0.05, 0.1) is 0 Å². The molecule has 1 fully saturated rings.